The zero-order chi connectivity index (χ0) is 19.6. The summed E-state index contributed by atoms with van der Waals surface area (Å²) in [6.07, 6.45) is 4.73. The molecule has 1 saturated heterocycles. The van der Waals surface area contributed by atoms with E-state index in [9.17, 15) is 8.42 Å². The van der Waals surface area contributed by atoms with Gasteiger partial charge in [0.15, 0.2) is 14.9 Å². The van der Waals surface area contributed by atoms with Crippen LogP contribution in [0.4, 0.5) is 0 Å². The minimum absolute atomic E-state index is 0.0800. The highest BCUT2D eigenvalue weighted by atomic mass is 32.2. The molecule has 3 aromatic rings. The first-order valence-electron chi connectivity index (χ1n) is 9.03. The van der Waals surface area contributed by atoms with E-state index in [1.165, 1.54) is 6.07 Å². The zero-order valence-corrected chi connectivity index (χ0v) is 16.3. The molecule has 0 radical (unpaired) electrons. The predicted molar refractivity (Wildman–Crippen MR) is 107 cm³/mol. The molecule has 1 fully saturated rings. The summed E-state index contributed by atoms with van der Waals surface area (Å²) < 4.78 is 29.0. The molecule has 0 N–H and O–H groups in total. The van der Waals surface area contributed by atoms with Crippen LogP contribution in [0.15, 0.2) is 72.0 Å². The van der Waals surface area contributed by atoms with Crippen molar-refractivity contribution in [1.29, 1.82) is 0 Å². The van der Waals surface area contributed by atoms with Crippen molar-refractivity contribution in [2.45, 2.75) is 17.7 Å². The van der Waals surface area contributed by atoms with E-state index in [2.05, 4.69) is 14.9 Å². The van der Waals surface area contributed by atoms with Gasteiger partial charge in [0.05, 0.1) is 5.69 Å². The number of ether oxygens (including phenoxy) is 1. The van der Waals surface area contributed by atoms with E-state index in [1.807, 2.05) is 48.7 Å². The Hall–Kier alpha value is -2.77. The number of aromatic nitrogens is 2. The molecule has 144 valence electrons. The largest absolute Gasteiger partial charge is 0.488 e. The maximum atomic E-state index is 11.5. The molecule has 1 aliphatic rings. The van der Waals surface area contributed by atoms with Crippen LogP contribution in [0.3, 0.4) is 0 Å². The molecule has 0 atom stereocenters. The summed E-state index contributed by atoms with van der Waals surface area (Å²) in [4.78, 5) is 10.7. The lowest BCUT2D eigenvalue weighted by Gasteiger charge is -2.38. The molecule has 1 aliphatic heterocycles. The van der Waals surface area contributed by atoms with E-state index in [0.29, 0.717) is 0 Å². The van der Waals surface area contributed by atoms with E-state index >= 15 is 0 Å². The maximum Gasteiger partial charge on any atom is 0.192 e. The van der Waals surface area contributed by atoms with Crippen LogP contribution in [0.2, 0.25) is 0 Å². The monoisotopic (exact) mass is 395 g/mol. The van der Waals surface area contributed by atoms with Gasteiger partial charge in [0.25, 0.3) is 0 Å². The van der Waals surface area contributed by atoms with Crippen molar-refractivity contribution >= 4 is 9.84 Å². The molecule has 0 bridgehead atoms. The van der Waals surface area contributed by atoms with Crippen molar-refractivity contribution < 1.29 is 13.2 Å². The summed E-state index contributed by atoms with van der Waals surface area (Å²) in [5.41, 5.74) is 2.90. The van der Waals surface area contributed by atoms with Crippen LogP contribution in [0.5, 0.6) is 5.75 Å². The molecular formula is C21H21N3O3S. The molecule has 2 aromatic heterocycles. The Bertz CT molecular complexity index is 1030. The van der Waals surface area contributed by atoms with Crippen molar-refractivity contribution in [3.63, 3.8) is 0 Å². The summed E-state index contributed by atoms with van der Waals surface area (Å²) in [6, 6.07) is 17.0. The smallest absolute Gasteiger partial charge is 0.192 e. The molecule has 4 rings (SSSR count). The third-order valence-corrected chi connectivity index (χ3v) is 5.64. The molecule has 0 spiro atoms. The van der Waals surface area contributed by atoms with Crippen LogP contribution in [0.25, 0.3) is 11.1 Å². The summed E-state index contributed by atoms with van der Waals surface area (Å²) >= 11 is 0. The van der Waals surface area contributed by atoms with Gasteiger partial charge < -0.3 is 4.74 Å². The van der Waals surface area contributed by atoms with Gasteiger partial charge in [-0.1, -0.05) is 18.2 Å². The molecule has 0 aliphatic carbocycles. The van der Waals surface area contributed by atoms with Gasteiger partial charge in [0.2, 0.25) is 0 Å². The highest BCUT2D eigenvalue weighted by Crippen LogP contribution is 2.25. The number of hydrogen-bond donors (Lipinski definition) is 0. The van der Waals surface area contributed by atoms with Gasteiger partial charge in [0, 0.05) is 43.8 Å². The van der Waals surface area contributed by atoms with Crippen LogP contribution in [-0.4, -0.2) is 48.7 Å². The lowest BCUT2D eigenvalue weighted by atomic mass is 10.1. The number of hydrogen-bond acceptors (Lipinski definition) is 6. The van der Waals surface area contributed by atoms with Crippen LogP contribution in [-0.2, 0) is 16.4 Å². The number of benzene rings is 1. The Kier molecular flexibility index (Phi) is 5.11. The lowest BCUT2D eigenvalue weighted by Crippen LogP contribution is -2.53. The summed E-state index contributed by atoms with van der Waals surface area (Å²) in [5, 5.41) is 0.0800. The van der Waals surface area contributed by atoms with E-state index in [-0.39, 0.29) is 11.1 Å². The molecule has 0 amide bonds. The van der Waals surface area contributed by atoms with Crippen molar-refractivity contribution in [1.82, 2.24) is 14.9 Å². The highest BCUT2D eigenvalue weighted by molar-refractivity contribution is 7.90. The molecule has 7 heteroatoms. The Balaban J connectivity index is 1.32. The predicted octanol–water partition coefficient (Wildman–Crippen LogP) is 2.81. The average molecular weight is 395 g/mol. The third-order valence-electron chi connectivity index (χ3n) is 4.64. The van der Waals surface area contributed by atoms with E-state index in [0.717, 1.165) is 48.5 Å². The van der Waals surface area contributed by atoms with Crippen LogP contribution < -0.4 is 4.74 Å². The van der Waals surface area contributed by atoms with Crippen molar-refractivity contribution in [2.24, 2.45) is 0 Å². The van der Waals surface area contributed by atoms with Gasteiger partial charge in [-0.25, -0.2) is 13.4 Å². The van der Waals surface area contributed by atoms with Gasteiger partial charge in [-0.05, 0) is 42.0 Å². The van der Waals surface area contributed by atoms with E-state index < -0.39 is 9.84 Å². The summed E-state index contributed by atoms with van der Waals surface area (Å²) in [7, 11) is -3.28. The Labute approximate surface area is 164 Å². The van der Waals surface area contributed by atoms with Gasteiger partial charge in [-0.3, -0.25) is 9.88 Å². The SMILES string of the molecule is CS(=O)(=O)c1ccc(-c2ccc(OC3CN(Cc4ccccn4)C3)cc2)cn1. The Morgan fingerprint density at radius 3 is 2.36 bits per heavy atom. The molecule has 0 unspecified atom stereocenters. The number of likely N-dealkylation sites (tertiary alicyclic amines) is 1. The van der Waals surface area contributed by atoms with Crippen molar-refractivity contribution in [3.05, 3.63) is 72.7 Å². The minimum Gasteiger partial charge on any atom is -0.488 e. The van der Waals surface area contributed by atoms with Gasteiger partial charge in [0.1, 0.15) is 11.9 Å². The second kappa shape index (κ2) is 7.69. The van der Waals surface area contributed by atoms with E-state index in [4.69, 9.17) is 4.74 Å². The molecule has 0 saturated carbocycles. The zero-order valence-electron chi connectivity index (χ0n) is 15.5. The summed E-state index contributed by atoms with van der Waals surface area (Å²) in [5.74, 6) is 0.826. The van der Waals surface area contributed by atoms with Gasteiger partial charge >= 0.3 is 0 Å². The van der Waals surface area contributed by atoms with Crippen LogP contribution >= 0.6 is 0 Å². The number of nitrogens with zero attached hydrogens (tertiary/aromatic N) is 3. The minimum atomic E-state index is -3.28. The maximum absolute atomic E-state index is 11.5. The molecule has 28 heavy (non-hydrogen) atoms. The van der Waals surface area contributed by atoms with Gasteiger partial charge in [-0.2, -0.15) is 0 Å². The number of pyridine rings is 2. The Morgan fingerprint density at radius 1 is 1.00 bits per heavy atom. The first kappa shape index (κ1) is 18.6. The first-order chi connectivity index (χ1) is 13.5. The van der Waals surface area contributed by atoms with Crippen LogP contribution in [0.1, 0.15) is 5.69 Å². The molecule has 3 heterocycles. The molecular weight excluding hydrogens is 374 g/mol. The molecule has 6 nitrogen and oxygen atoms in total. The van der Waals surface area contributed by atoms with Crippen molar-refractivity contribution in [3.8, 4) is 16.9 Å². The lowest BCUT2D eigenvalue weighted by molar-refractivity contribution is 0.0138. The standard InChI is InChI=1S/C21H21N3O3S/c1-28(25,26)21-10-7-17(12-23-21)16-5-8-19(9-6-16)27-20-14-24(15-20)13-18-4-2-3-11-22-18/h2-12,20H,13-15H2,1H3. The fourth-order valence-electron chi connectivity index (χ4n) is 3.14. The second-order valence-electron chi connectivity index (χ2n) is 6.94. The fraction of sp³-hybridized carbons (Fsp3) is 0.238. The Morgan fingerprint density at radius 2 is 1.75 bits per heavy atom. The number of rotatable bonds is 6. The quantitative estimate of drug-likeness (QED) is 0.639. The first-order valence-corrected chi connectivity index (χ1v) is 10.9. The highest BCUT2D eigenvalue weighted by Gasteiger charge is 2.28. The van der Waals surface area contributed by atoms with E-state index in [1.54, 1.807) is 12.3 Å². The number of sulfone groups is 1. The fourth-order valence-corrected chi connectivity index (χ4v) is 3.70. The second-order valence-corrected chi connectivity index (χ2v) is 8.90. The summed E-state index contributed by atoms with van der Waals surface area (Å²) in [6.45, 7) is 2.61. The van der Waals surface area contributed by atoms with Crippen LogP contribution in [0, 0.1) is 0 Å². The average Bonchev–Trinajstić information content (AvgIpc) is 2.67. The molecule has 1 aromatic carbocycles. The third kappa shape index (κ3) is 4.37. The normalized spacial score (nSPS) is 15.2. The topological polar surface area (TPSA) is 72.4 Å². The van der Waals surface area contributed by atoms with Gasteiger partial charge in [-0.15, -0.1) is 0 Å². The van der Waals surface area contributed by atoms with Crippen molar-refractivity contribution in [2.75, 3.05) is 19.3 Å².